The van der Waals surface area contributed by atoms with Gasteiger partial charge in [0.15, 0.2) is 5.96 Å². The van der Waals surface area contributed by atoms with E-state index >= 15 is 0 Å². The maximum Gasteiger partial charge on any atom is 0.416 e. The Hall–Kier alpha value is -1.27. The first kappa shape index (κ1) is 26.8. The zero-order chi connectivity index (χ0) is 21.4. The quantitative estimate of drug-likeness (QED) is 0.315. The van der Waals surface area contributed by atoms with E-state index in [9.17, 15) is 13.2 Å². The van der Waals surface area contributed by atoms with Gasteiger partial charge in [0.2, 0.25) is 0 Å². The molecule has 1 saturated heterocycles. The van der Waals surface area contributed by atoms with Gasteiger partial charge in [-0.25, -0.2) is 0 Å². The number of piperazine rings is 1. The Bertz CT molecular complexity index is 674. The van der Waals surface area contributed by atoms with Crippen molar-refractivity contribution in [3.05, 3.63) is 29.8 Å². The molecule has 0 amide bonds. The molecule has 10 heteroatoms. The van der Waals surface area contributed by atoms with Crippen LogP contribution in [0.4, 0.5) is 13.2 Å². The highest BCUT2D eigenvalue weighted by molar-refractivity contribution is 14.0. The summed E-state index contributed by atoms with van der Waals surface area (Å²) in [5.74, 6) is 0.862. The molecule has 1 aliphatic heterocycles. The lowest BCUT2D eigenvalue weighted by molar-refractivity contribution is -0.137. The predicted molar refractivity (Wildman–Crippen MR) is 125 cm³/mol. The van der Waals surface area contributed by atoms with Crippen LogP contribution in [0.5, 0.6) is 5.75 Å². The largest absolute Gasteiger partial charge is 0.489 e. The smallest absolute Gasteiger partial charge is 0.416 e. The minimum absolute atomic E-state index is 0. The zero-order valence-electron chi connectivity index (χ0n) is 18.0. The average molecular weight is 543 g/mol. The molecule has 0 aromatic heterocycles. The van der Waals surface area contributed by atoms with Gasteiger partial charge in [-0.1, -0.05) is 13.0 Å². The minimum Gasteiger partial charge on any atom is -0.489 e. The van der Waals surface area contributed by atoms with Gasteiger partial charge < -0.3 is 20.3 Å². The van der Waals surface area contributed by atoms with E-state index in [0.717, 1.165) is 38.3 Å². The molecule has 2 atom stereocenters. The van der Waals surface area contributed by atoms with Gasteiger partial charge in [0.05, 0.1) is 12.1 Å². The molecule has 1 aliphatic rings. The lowest BCUT2D eigenvalue weighted by Crippen LogP contribution is -2.55. The van der Waals surface area contributed by atoms with Crippen molar-refractivity contribution in [1.82, 2.24) is 20.4 Å². The third-order valence-corrected chi connectivity index (χ3v) is 5.13. The summed E-state index contributed by atoms with van der Waals surface area (Å²) in [4.78, 5) is 8.86. The van der Waals surface area contributed by atoms with E-state index in [2.05, 4.69) is 39.5 Å². The Labute approximate surface area is 194 Å². The summed E-state index contributed by atoms with van der Waals surface area (Å²) in [5.41, 5.74) is -0.711. The molecule has 1 fully saturated rings. The summed E-state index contributed by atoms with van der Waals surface area (Å²) in [6, 6.07) is 5.36. The van der Waals surface area contributed by atoms with E-state index in [-0.39, 0.29) is 35.8 Å². The molecular weight excluding hydrogens is 510 g/mol. The van der Waals surface area contributed by atoms with Gasteiger partial charge in [-0.3, -0.25) is 9.89 Å². The summed E-state index contributed by atoms with van der Waals surface area (Å²) in [5, 5.41) is 6.54. The fourth-order valence-electron chi connectivity index (χ4n) is 3.17. The maximum atomic E-state index is 12.9. The average Bonchev–Trinajstić information content (AvgIpc) is 2.69. The number of aliphatic imine (C=N–C) groups is 1. The summed E-state index contributed by atoms with van der Waals surface area (Å²) < 4.78 is 44.4. The molecule has 0 radical (unpaired) electrons. The number of guanidine groups is 1. The number of likely N-dealkylation sites (N-methyl/N-ethyl adjacent to an activating group) is 2. The van der Waals surface area contributed by atoms with Crippen molar-refractivity contribution >= 4 is 29.9 Å². The molecule has 30 heavy (non-hydrogen) atoms. The summed E-state index contributed by atoms with van der Waals surface area (Å²) in [6.45, 7) is 6.20. The maximum absolute atomic E-state index is 12.9. The second-order valence-corrected chi connectivity index (χ2v) is 7.40. The zero-order valence-corrected chi connectivity index (χ0v) is 20.3. The second-order valence-electron chi connectivity index (χ2n) is 7.40. The molecule has 2 unspecified atom stereocenters. The van der Waals surface area contributed by atoms with Crippen LogP contribution in [0.1, 0.15) is 18.9 Å². The summed E-state index contributed by atoms with van der Waals surface area (Å²) in [7, 11) is 5.93. The third kappa shape index (κ3) is 8.46. The lowest BCUT2D eigenvalue weighted by atomic mass is 10.2. The number of ether oxygens (including phenoxy) is 1. The number of rotatable bonds is 7. The number of benzene rings is 1. The molecule has 6 nitrogen and oxygen atoms in total. The van der Waals surface area contributed by atoms with Gasteiger partial charge in [0, 0.05) is 39.3 Å². The van der Waals surface area contributed by atoms with E-state index in [1.807, 2.05) is 6.92 Å². The van der Waals surface area contributed by atoms with Crippen molar-refractivity contribution in [3.63, 3.8) is 0 Å². The first-order chi connectivity index (χ1) is 13.7. The van der Waals surface area contributed by atoms with Gasteiger partial charge in [-0.05, 0) is 38.7 Å². The first-order valence-electron chi connectivity index (χ1n) is 9.90. The van der Waals surface area contributed by atoms with Crippen LogP contribution in [-0.4, -0.2) is 81.8 Å². The van der Waals surface area contributed by atoms with Crippen molar-refractivity contribution in [2.75, 3.05) is 53.9 Å². The number of nitrogens with zero attached hydrogens (tertiary/aromatic N) is 3. The third-order valence-electron chi connectivity index (χ3n) is 5.13. The van der Waals surface area contributed by atoms with Crippen LogP contribution >= 0.6 is 24.0 Å². The molecule has 0 saturated carbocycles. The molecule has 2 N–H and O–H groups in total. The normalized spacial score (nSPS) is 19.7. The first-order valence-corrected chi connectivity index (χ1v) is 9.90. The fraction of sp³-hybridized carbons (Fsp3) is 0.650. The highest BCUT2D eigenvalue weighted by Gasteiger charge is 2.30. The number of alkyl halides is 3. The lowest BCUT2D eigenvalue weighted by Gasteiger charge is -2.38. The van der Waals surface area contributed by atoms with Gasteiger partial charge in [0.25, 0.3) is 0 Å². The van der Waals surface area contributed by atoms with E-state index < -0.39 is 11.7 Å². The van der Waals surface area contributed by atoms with Crippen LogP contribution < -0.4 is 15.4 Å². The van der Waals surface area contributed by atoms with Crippen LogP contribution in [0.2, 0.25) is 0 Å². The SMILES string of the molecule is CCC(CNC(=NC)NCC1CN(C)CCN1C)Oc1cccc(C(F)(F)F)c1.I. The second kappa shape index (κ2) is 12.6. The fourth-order valence-corrected chi connectivity index (χ4v) is 3.17. The number of hydrogen-bond acceptors (Lipinski definition) is 4. The molecule has 1 heterocycles. The van der Waals surface area contributed by atoms with Crippen molar-refractivity contribution in [3.8, 4) is 5.75 Å². The van der Waals surface area contributed by atoms with E-state index in [4.69, 9.17) is 4.74 Å². The minimum atomic E-state index is -4.38. The van der Waals surface area contributed by atoms with Crippen LogP contribution in [0.15, 0.2) is 29.3 Å². The molecular formula is C20H33F3IN5O. The molecule has 0 spiro atoms. The van der Waals surface area contributed by atoms with Crippen LogP contribution in [0.25, 0.3) is 0 Å². The Kier molecular flexibility index (Phi) is 11.2. The van der Waals surface area contributed by atoms with Crippen molar-refractivity contribution in [1.29, 1.82) is 0 Å². The number of nitrogens with one attached hydrogen (secondary N) is 2. The Morgan fingerprint density at radius 1 is 1.27 bits per heavy atom. The molecule has 2 rings (SSSR count). The predicted octanol–water partition coefficient (Wildman–Crippen LogP) is 2.89. The molecule has 0 aliphatic carbocycles. The van der Waals surface area contributed by atoms with Crippen molar-refractivity contribution < 1.29 is 17.9 Å². The van der Waals surface area contributed by atoms with E-state index in [1.165, 1.54) is 6.07 Å². The number of halogens is 4. The van der Waals surface area contributed by atoms with Crippen LogP contribution in [0, 0.1) is 0 Å². The topological polar surface area (TPSA) is 52.1 Å². The molecule has 0 bridgehead atoms. The Balaban J connectivity index is 0.00000450. The Morgan fingerprint density at radius 3 is 2.63 bits per heavy atom. The van der Waals surface area contributed by atoms with Crippen molar-refractivity contribution in [2.24, 2.45) is 4.99 Å². The van der Waals surface area contributed by atoms with Gasteiger partial charge in [-0.15, -0.1) is 24.0 Å². The van der Waals surface area contributed by atoms with Gasteiger partial charge in [0.1, 0.15) is 11.9 Å². The summed E-state index contributed by atoms with van der Waals surface area (Å²) >= 11 is 0. The van der Waals surface area contributed by atoms with E-state index in [1.54, 1.807) is 13.1 Å². The highest BCUT2D eigenvalue weighted by Crippen LogP contribution is 2.31. The van der Waals surface area contributed by atoms with Gasteiger partial charge in [-0.2, -0.15) is 13.2 Å². The molecule has 172 valence electrons. The number of hydrogen-bond donors (Lipinski definition) is 2. The van der Waals surface area contributed by atoms with E-state index in [0.29, 0.717) is 25.0 Å². The molecule has 1 aromatic rings. The summed E-state index contributed by atoms with van der Waals surface area (Å²) in [6.07, 6.45) is -4.01. The van der Waals surface area contributed by atoms with Crippen LogP contribution in [-0.2, 0) is 6.18 Å². The Morgan fingerprint density at radius 2 is 2.00 bits per heavy atom. The molecule has 1 aromatic carbocycles. The highest BCUT2D eigenvalue weighted by atomic mass is 127. The standard InChI is InChI=1S/C20H32F3N5O.HI/c1-5-17(29-18-8-6-7-15(11-18)20(21,22)23)13-26-19(24-2)25-12-16-14-27(3)9-10-28(16)4;/h6-8,11,16-17H,5,9-10,12-14H2,1-4H3,(H2,24,25,26);1H. The van der Waals surface area contributed by atoms with Gasteiger partial charge >= 0.3 is 6.18 Å². The van der Waals surface area contributed by atoms with Crippen LogP contribution in [0.3, 0.4) is 0 Å². The monoisotopic (exact) mass is 543 g/mol. The van der Waals surface area contributed by atoms with Crippen molar-refractivity contribution in [2.45, 2.75) is 31.7 Å².